The van der Waals surface area contributed by atoms with Crippen LogP contribution in [-0.2, 0) is 4.79 Å². The summed E-state index contributed by atoms with van der Waals surface area (Å²) in [6, 6.07) is 0. The lowest BCUT2D eigenvalue weighted by atomic mass is 9.86. The van der Waals surface area contributed by atoms with Gasteiger partial charge in [0.1, 0.15) is 0 Å². The molecular weight excluding hydrogens is 379 g/mol. The van der Waals surface area contributed by atoms with Gasteiger partial charge in [-0.25, -0.2) is 0 Å². The Balaban J connectivity index is 3.32. The molecular formula is C13H14Cl5NO2. The summed E-state index contributed by atoms with van der Waals surface area (Å²) < 4.78 is 0. The summed E-state index contributed by atoms with van der Waals surface area (Å²) in [6.07, 6.45) is 0.896. The zero-order chi connectivity index (χ0) is 16.3. The van der Waals surface area contributed by atoms with Crippen molar-refractivity contribution in [3.8, 4) is 0 Å². The van der Waals surface area contributed by atoms with Gasteiger partial charge in [-0.2, -0.15) is 0 Å². The Kier molecular flexibility index (Phi) is 7.38. The summed E-state index contributed by atoms with van der Waals surface area (Å²) in [7, 11) is 0. The van der Waals surface area contributed by atoms with Gasteiger partial charge in [-0.3, -0.25) is 4.79 Å². The highest BCUT2D eigenvalue weighted by molar-refractivity contribution is 6.55. The summed E-state index contributed by atoms with van der Waals surface area (Å²) in [6.45, 7) is 1.92. The standard InChI is InChI=1S/C13H14Cl5NO2/c1-2-5(3-6(4-19)13(20)21)7-8(14)10(16)12(18)11(17)9(7)15/h5-6H,2-4,19H2,1H3,(H,20,21). The van der Waals surface area contributed by atoms with Crippen LogP contribution in [0.5, 0.6) is 0 Å². The lowest BCUT2D eigenvalue weighted by Crippen LogP contribution is -2.25. The first-order valence-electron chi connectivity index (χ1n) is 6.20. The van der Waals surface area contributed by atoms with E-state index in [9.17, 15) is 4.79 Å². The second kappa shape index (κ2) is 8.09. The molecule has 0 bridgehead atoms. The number of hydrogen-bond acceptors (Lipinski definition) is 2. The van der Waals surface area contributed by atoms with Crippen LogP contribution < -0.4 is 5.73 Å². The Bertz CT molecular complexity index is 521. The third-order valence-corrected chi connectivity index (χ3v) is 5.65. The maximum atomic E-state index is 11.2. The number of benzene rings is 1. The number of halogens is 5. The highest BCUT2D eigenvalue weighted by Crippen LogP contribution is 2.48. The first kappa shape index (κ1) is 19.1. The molecule has 0 saturated carbocycles. The molecule has 0 aliphatic rings. The second-order valence-corrected chi connectivity index (χ2v) is 6.49. The number of carboxylic acid groups (broad SMARTS) is 1. The van der Waals surface area contributed by atoms with E-state index >= 15 is 0 Å². The third kappa shape index (κ3) is 4.10. The van der Waals surface area contributed by atoms with Crippen molar-refractivity contribution >= 4 is 64.0 Å². The molecule has 118 valence electrons. The largest absolute Gasteiger partial charge is 0.481 e. The molecule has 0 radical (unpaired) electrons. The zero-order valence-corrected chi connectivity index (χ0v) is 14.9. The fraction of sp³-hybridized carbons (Fsp3) is 0.462. The highest BCUT2D eigenvalue weighted by Gasteiger charge is 2.28. The Morgan fingerprint density at radius 1 is 1.05 bits per heavy atom. The van der Waals surface area contributed by atoms with Crippen molar-refractivity contribution in [2.45, 2.75) is 25.7 Å². The molecule has 0 aliphatic heterocycles. The van der Waals surface area contributed by atoms with Crippen LogP contribution in [0, 0.1) is 5.92 Å². The molecule has 3 N–H and O–H groups in total. The summed E-state index contributed by atoms with van der Waals surface area (Å²) in [5, 5.41) is 9.84. The predicted molar refractivity (Wildman–Crippen MR) is 89.3 cm³/mol. The van der Waals surface area contributed by atoms with E-state index in [0.29, 0.717) is 12.0 Å². The molecule has 0 aliphatic carbocycles. The van der Waals surface area contributed by atoms with Crippen molar-refractivity contribution in [2.75, 3.05) is 6.54 Å². The molecule has 8 heteroatoms. The van der Waals surface area contributed by atoms with E-state index in [1.54, 1.807) is 0 Å². The minimum atomic E-state index is -0.964. The lowest BCUT2D eigenvalue weighted by Gasteiger charge is -2.23. The number of nitrogens with two attached hydrogens (primary N) is 1. The number of carboxylic acids is 1. The number of carbonyl (C=O) groups is 1. The minimum absolute atomic E-state index is 0.0239. The molecule has 0 aromatic heterocycles. The average Bonchev–Trinajstić information content (AvgIpc) is 2.46. The van der Waals surface area contributed by atoms with Gasteiger partial charge in [-0.15, -0.1) is 0 Å². The van der Waals surface area contributed by atoms with Crippen LogP contribution in [0.3, 0.4) is 0 Å². The van der Waals surface area contributed by atoms with Gasteiger partial charge < -0.3 is 10.8 Å². The molecule has 1 rings (SSSR count). The van der Waals surface area contributed by atoms with E-state index < -0.39 is 11.9 Å². The van der Waals surface area contributed by atoms with Gasteiger partial charge >= 0.3 is 5.97 Å². The van der Waals surface area contributed by atoms with Crippen LogP contribution in [0.15, 0.2) is 0 Å². The third-order valence-electron chi connectivity index (χ3n) is 3.35. The van der Waals surface area contributed by atoms with Crippen LogP contribution in [0.1, 0.15) is 31.2 Å². The number of hydrogen-bond donors (Lipinski definition) is 2. The molecule has 2 unspecified atom stereocenters. The van der Waals surface area contributed by atoms with Crippen molar-refractivity contribution < 1.29 is 9.90 Å². The SMILES string of the molecule is CCC(CC(CN)C(=O)O)c1c(Cl)c(Cl)c(Cl)c(Cl)c1Cl. The Morgan fingerprint density at radius 2 is 1.48 bits per heavy atom. The van der Waals surface area contributed by atoms with E-state index in [1.807, 2.05) is 6.92 Å². The topological polar surface area (TPSA) is 63.3 Å². The fourth-order valence-corrected chi connectivity index (χ4v) is 3.57. The molecule has 0 amide bonds. The first-order valence-corrected chi connectivity index (χ1v) is 8.09. The van der Waals surface area contributed by atoms with E-state index in [1.165, 1.54) is 0 Å². The highest BCUT2D eigenvalue weighted by atomic mass is 35.5. The van der Waals surface area contributed by atoms with E-state index in [-0.39, 0.29) is 44.0 Å². The van der Waals surface area contributed by atoms with Crippen LogP contribution in [0.25, 0.3) is 0 Å². The van der Waals surface area contributed by atoms with Gasteiger partial charge in [0.2, 0.25) is 0 Å². The summed E-state index contributed by atoms with van der Waals surface area (Å²) in [5.74, 6) is -1.90. The van der Waals surface area contributed by atoms with Gasteiger partial charge in [0.25, 0.3) is 0 Å². The molecule has 2 atom stereocenters. The molecule has 0 saturated heterocycles. The molecule has 0 fully saturated rings. The van der Waals surface area contributed by atoms with E-state index in [4.69, 9.17) is 68.8 Å². The van der Waals surface area contributed by atoms with Crippen molar-refractivity contribution in [2.24, 2.45) is 11.7 Å². The average molecular weight is 394 g/mol. The van der Waals surface area contributed by atoms with Gasteiger partial charge in [0.15, 0.2) is 0 Å². The Hall–Kier alpha value is 0.1000. The smallest absolute Gasteiger partial charge is 0.307 e. The molecule has 21 heavy (non-hydrogen) atoms. The van der Waals surface area contributed by atoms with Crippen molar-refractivity contribution in [1.29, 1.82) is 0 Å². The van der Waals surface area contributed by atoms with Gasteiger partial charge in [0, 0.05) is 6.54 Å². The quantitative estimate of drug-likeness (QED) is 0.496. The van der Waals surface area contributed by atoms with Crippen LogP contribution in [-0.4, -0.2) is 17.6 Å². The van der Waals surface area contributed by atoms with Crippen molar-refractivity contribution in [1.82, 2.24) is 0 Å². The monoisotopic (exact) mass is 391 g/mol. The predicted octanol–water partition coefficient (Wildman–Crippen LogP) is 5.50. The molecule has 3 nitrogen and oxygen atoms in total. The number of rotatable bonds is 6. The lowest BCUT2D eigenvalue weighted by molar-refractivity contribution is -0.141. The van der Waals surface area contributed by atoms with Gasteiger partial charge in [-0.1, -0.05) is 64.9 Å². The summed E-state index contributed by atoms with van der Waals surface area (Å²) in [5.41, 5.74) is 6.01. The van der Waals surface area contributed by atoms with E-state index in [0.717, 1.165) is 0 Å². The van der Waals surface area contributed by atoms with Crippen molar-refractivity contribution in [3.05, 3.63) is 30.7 Å². The van der Waals surface area contributed by atoms with Crippen LogP contribution >= 0.6 is 58.0 Å². The fourth-order valence-electron chi connectivity index (χ4n) is 2.11. The van der Waals surface area contributed by atoms with Crippen LogP contribution in [0.2, 0.25) is 25.1 Å². The normalized spacial score (nSPS) is 14.0. The second-order valence-electron chi connectivity index (χ2n) is 4.60. The zero-order valence-electron chi connectivity index (χ0n) is 11.1. The summed E-state index contributed by atoms with van der Waals surface area (Å²) >= 11 is 30.5. The Labute approximate surface area is 148 Å². The van der Waals surface area contributed by atoms with Crippen molar-refractivity contribution in [3.63, 3.8) is 0 Å². The number of aliphatic carboxylic acids is 1. The van der Waals surface area contributed by atoms with Gasteiger partial charge in [0.05, 0.1) is 31.0 Å². The first-order chi connectivity index (χ1) is 9.76. The molecule has 0 spiro atoms. The molecule has 1 aromatic rings. The molecule has 0 heterocycles. The van der Waals surface area contributed by atoms with E-state index in [2.05, 4.69) is 0 Å². The molecule has 1 aromatic carbocycles. The van der Waals surface area contributed by atoms with Crippen LogP contribution in [0.4, 0.5) is 0 Å². The Morgan fingerprint density at radius 3 is 1.81 bits per heavy atom. The minimum Gasteiger partial charge on any atom is -0.481 e. The summed E-state index contributed by atoms with van der Waals surface area (Å²) in [4.78, 5) is 11.2. The maximum absolute atomic E-state index is 11.2. The maximum Gasteiger partial charge on any atom is 0.307 e. The van der Waals surface area contributed by atoms with Gasteiger partial charge in [-0.05, 0) is 24.3 Å².